The van der Waals surface area contributed by atoms with Crippen molar-refractivity contribution in [2.24, 2.45) is 5.73 Å². The molecule has 2 rings (SSSR count). The highest BCUT2D eigenvalue weighted by Gasteiger charge is 2.07. The van der Waals surface area contributed by atoms with Crippen molar-refractivity contribution in [2.75, 3.05) is 18.6 Å². The lowest BCUT2D eigenvalue weighted by Crippen LogP contribution is -2.00. The second-order valence-corrected chi connectivity index (χ2v) is 5.59. The van der Waals surface area contributed by atoms with Gasteiger partial charge in [0.25, 0.3) is 0 Å². The van der Waals surface area contributed by atoms with Gasteiger partial charge in [-0.25, -0.2) is 0 Å². The standard InChI is InChI=1S/C15H22N2S/c1-18-11-5-10-17-12-13(6-4-9-16)14-7-2-3-8-15(14)17/h2-3,7-8,12H,4-6,9-11,16H2,1H3. The van der Waals surface area contributed by atoms with Crippen molar-refractivity contribution in [3.05, 3.63) is 36.0 Å². The van der Waals surface area contributed by atoms with Crippen LogP contribution in [0, 0.1) is 0 Å². The number of benzene rings is 1. The van der Waals surface area contributed by atoms with E-state index in [1.54, 1.807) is 0 Å². The zero-order chi connectivity index (χ0) is 12.8. The molecule has 0 saturated heterocycles. The third-order valence-electron chi connectivity index (χ3n) is 3.27. The van der Waals surface area contributed by atoms with Gasteiger partial charge in [-0.15, -0.1) is 0 Å². The van der Waals surface area contributed by atoms with Gasteiger partial charge in [-0.05, 0) is 49.4 Å². The molecule has 0 radical (unpaired) electrons. The Bertz CT molecular complexity index is 490. The first-order valence-electron chi connectivity index (χ1n) is 6.62. The predicted molar refractivity (Wildman–Crippen MR) is 82.3 cm³/mol. The Balaban J connectivity index is 2.23. The smallest absolute Gasteiger partial charge is 0.0483 e. The summed E-state index contributed by atoms with van der Waals surface area (Å²) in [6.07, 6.45) is 7.88. The second kappa shape index (κ2) is 6.86. The van der Waals surface area contributed by atoms with E-state index in [0.717, 1.165) is 25.9 Å². The van der Waals surface area contributed by atoms with E-state index in [-0.39, 0.29) is 0 Å². The van der Waals surface area contributed by atoms with Gasteiger partial charge >= 0.3 is 0 Å². The fraction of sp³-hybridized carbons (Fsp3) is 0.467. The van der Waals surface area contributed by atoms with Crippen molar-refractivity contribution in [2.45, 2.75) is 25.8 Å². The van der Waals surface area contributed by atoms with Gasteiger partial charge in [0.15, 0.2) is 0 Å². The van der Waals surface area contributed by atoms with Crippen molar-refractivity contribution in [3.63, 3.8) is 0 Å². The molecule has 0 amide bonds. The lowest BCUT2D eigenvalue weighted by molar-refractivity contribution is 0.704. The van der Waals surface area contributed by atoms with Gasteiger partial charge in [-0.2, -0.15) is 11.8 Å². The zero-order valence-electron chi connectivity index (χ0n) is 11.1. The van der Waals surface area contributed by atoms with Gasteiger partial charge in [0.2, 0.25) is 0 Å². The average Bonchev–Trinajstić information content (AvgIpc) is 2.76. The maximum absolute atomic E-state index is 5.62. The minimum atomic E-state index is 0.770. The van der Waals surface area contributed by atoms with Gasteiger partial charge in [0.1, 0.15) is 0 Å². The number of thioether (sulfide) groups is 1. The van der Waals surface area contributed by atoms with Crippen molar-refractivity contribution in [3.8, 4) is 0 Å². The number of hydrogen-bond acceptors (Lipinski definition) is 2. The third-order valence-corrected chi connectivity index (χ3v) is 3.97. The SMILES string of the molecule is CSCCCn1cc(CCCN)c2ccccc21. The molecule has 0 bridgehead atoms. The largest absolute Gasteiger partial charge is 0.347 e. The van der Waals surface area contributed by atoms with Crippen LogP contribution in [0.2, 0.25) is 0 Å². The summed E-state index contributed by atoms with van der Waals surface area (Å²) in [4.78, 5) is 0. The van der Waals surface area contributed by atoms with E-state index in [1.807, 2.05) is 11.8 Å². The molecule has 1 aromatic heterocycles. The highest BCUT2D eigenvalue weighted by Crippen LogP contribution is 2.22. The lowest BCUT2D eigenvalue weighted by Gasteiger charge is -2.03. The molecule has 2 aromatic rings. The molecular formula is C15H22N2S. The topological polar surface area (TPSA) is 30.9 Å². The fourth-order valence-electron chi connectivity index (χ4n) is 2.38. The number of nitrogens with zero attached hydrogens (tertiary/aromatic N) is 1. The van der Waals surface area contributed by atoms with Crippen LogP contribution in [0.1, 0.15) is 18.4 Å². The van der Waals surface area contributed by atoms with E-state index in [9.17, 15) is 0 Å². The minimum absolute atomic E-state index is 0.770. The Kier molecular flexibility index (Phi) is 5.14. The third kappa shape index (κ3) is 3.09. The maximum atomic E-state index is 5.62. The minimum Gasteiger partial charge on any atom is -0.347 e. The summed E-state index contributed by atoms with van der Waals surface area (Å²) in [6.45, 7) is 1.88. The number of aromatic nitrogens is 1. The van der Waals surface area contributed by atoms with E-state index in [2.05, 4.69) is 41.3 Å². The van der Waals surface area contributed by atoms with Gasteiger partial charge in [-0.3, -0.25) is 0 Å². The second-order valence-electron chi connectivity index (χ2n) is 4.60. The molecular weight excluding hydrogens is 240 g/mol. The highest BCUT2D eigenvalue weighted by atomic mass is 32.2. The van der Waals surface area contributed by atoms with Gasteiger partial charge < -0.3 is 10.3 Å². The van der Waals surface area contributed by atoms with E-state index >= 15 is 0 Å². The summed E-state index contributed by atoms with van der Waals surface area (Å²) in [5.74, 6) is 1.23. The van der Waals surface area contributed by atoms with Crippen LogP contribution in [0.5, 0.6) is 0 Å². The van der Waals surface area contributed by atoms with Crippen LogP contribution in [-0.4, -0.2) is 23.1 Å². The van der Waals surface area contributed by atoms with Crippen LogP contribution >= 0.6 is 11.8 Å². The van der Waals surface area contributed by atoms with Crippen LogP contribution in [-0.2, 0) is 13.0 Å². The number of fused-ring (bicyclic) bond motifs is 1. The number of rotatable bonds is 7. The summed E-state index contributed by atoms with van der Waals surface area (Å²) >= 11 is 1.92. The molecule has 0 aliphatic carbocycles. The molecule has 18 heavy (non-hydrogen) atoms. The Hall–Kier alpha value is -0.930. The number of nitrogens with two attached hydrogens (primary N) is 1. The van der Waals surface area contributed by atoms with Crippen molar-refractivity contribution in [1.82, 2.24) is 4.57 Å². The van der Waals surface area contributed by atoms with Crippen LogP contribution in [0.25, 0.3) is 10.9 Å². The molecule has 1 heterocycles. The summed E-state index contributed by atoms with van der Waals surface area (Å²) in [7, 11) is 0. The van der Waals surface area contributed by atoms with E-state index < -0.39 is 0 Å². The molecule has 0 unspecified atom stereocenters. The fourth-order valence-corrected chi connectivity index (χ4v) is 2.80. The average molecular weight is 262 g/mol. The Labute approximate surface area is 114 Å². The normalized spacial score (nSPS) is 11.2. The van der Waals surface area contributed by atoms with Gasteiger partial charge in [0, 0.05) is 23.6 Å². The van der Waals surface area contributed by atoms with Crippen molar-refractivity contribution < 1.29 is 0 Å². The molecule has 0 spiro atoms. The molecule has 2 nitrogen and oxygen atoms in total. The molecule has 0 saturated carbocycles. The van der Waals surface area contributed by atoms with Crippen molar-refractivity contribution in [1.29, 1.82) is 0 Å². The molecule has 0 fully saturated rings. The van der Waals surface area contributed by atoms with Crippen molar-refractivity contribution >= 4 is 22.7 Å². The molecule has 0 aliphatic heterocycles. The predicted octanol–water partition coefficient (Wildman–Crippen LogP) is 3.29. The molecule has 98 valence electrons. The van der Waals surface area contributed by atoms with Crippen LogP contribution in [0.4, 0.5) is 0 Å². The van der Waals surface area contributed by atoms with Crippen LogP contribution < -0.4 is 5.73 Å². The first kappa shape index (κ1) is 13.5. The van der Waals surface area contributed by atoms with E-state index in [0.29, 0.717) is 0 Å². The molecule has 0 aliphatic rings. The monoisotopic (exact) mass is 262 g/mol. The first-order chi connectivity index (χ1) is 8.86. The first-order valence-corrected chi connectivity index (χ1v) is 8.02. The molecule has 0 atom stereocenters. The number of para-hydroxylation sites is 1. The summed E-state index contributed by atoms with van der Waals surface area (Å²) < 4.78 is 2.40. The molecule has 1 aromatic carbocycles. The Morgan fingerprint density at radius 2 is 2.06 bits per heavy atom. The van der Waals surface area contributed by atoms with Gasteiger partial charge in [0.05, 0.1) is 0 Å². The molecule has 2 N–H and O–H groups in total. The molecule has 3 heteroatoms. The summed E-state index contributed by atoms with van der Waals surface area (Å²) in [5, 5.41) is 1.40. The Morgan fingerprint density at radius 1 is 1.22 bits per heavy atom. The zero-order valence-corrected chi connectivity index (χ0v) is 11.9. The highest BCUT2D eigenvalue weighted by molar-refractivity contribution is 7.98. The van der Waals surface area contributed by atoms with Crippen LogP contribution in [0.3, 0.4) is 0 Å². The summed E-state index contributed by atoms with van der Waals surface area (Å²) in [6, 6.07) is 8.70. The number of aryl methyl sites for hydroxylation is 2. The number of hydrogen-bond donors (Lipinski definition) is 1. The quantitative estimate of drug-likeness (QED) is 0.776. The Morgan fingerprint density at radius 3 is 2.83 bits per heavy atom. The lowest BCUT2D eigenvalue weighted by atomic mass is 10.1. The van der Waals surface area contributed by atoms with E-state index in [4.69, 9.17) is 5.73 Å². The maximum Gasteiger partial charge on any atom is 0.0483 e. The van der Waals surface area contributed by atoms with Crippen LogP contribution in [0.15, 0.2) is 30.5 Å². The van der Waals surface area contributed by atoms with E-state index in [1.165, 1.54) is 28.6 Å². The summed E-state index contributed by atoms with van der Waals surface area (Å²) in [5.41, 5.74) is 8.43. The van der Waals surface area contributed by atoms with Gasteiger partial charge in [-0.1, -0.05) is 18.2 Å².